The number of benzene rings is 1. The van der Waals surface area contributed by atoms with E-state index in [4.69, 9.17) is 5.73 Å². The minimum Gasteiger partial charge on any atom is -0.339 e. The summed E-state index contributed by atoms with van der Waals surface area (Å²) in [5.41, 5.74) is 7.22. The van der Waals surface area contributed by atoms with E-state index in [1.54, 1.807) is 0 Å². The molecule has 20 heavy (non-hydrogen) atoms. The Labute approximate surface area is 123 Å². The van der Waals surface area contributed by atoms with Crippen molar-refractivity contribution in [2.45, 2.75) is 58.5 Å². The number of hydrogen-bond donors (Lipinski definition) is 1. The molecule has 0 saturated heterocycles. The van der Waals surface area contributed by atoms with Crippen LogP contribution in [0.3, 0.4) is 0 Å². The standard InChI is InChI=1S/C17H28N2O/c1-4-5-9-12-19(14(2)3)17(20)16(18)13-15-10-7-6-8-11-15/h6-8,10-11,14,16H,4-5,9,12-13,18H2,1-3H3/t16-/m0/s1. The third-order valence-electron chi connectivity index (χ3n) is 3.52. The van der Waals surface area contributed by atoms with Gasteiger partial charge in [-0.3, -0.25) is 4.79 Å². The number of rotatable bonds is 8. The van der Waals surface area contributed by atoms with Crippen molar-refractivity contribution in [2.75, 3.05) is 6.54 Å². The zero-order valence-corrected chi connectivity index (χ0v) is 13.0. The molecule has 2 N–H and O–H groups in total. The molecule has 0 fully saturated rings. The van der Waals surface area contributed by atoms with Crippen LogP contribution < -0.4 is 5.73 Å². The minimum atomic E-state index is -0.443. The van der Waals surface area contributed by atoms with Gasteiger partial charge in [0.05, 0.1) is 6.04 Å². The number of nitrogens with zero attached hydrogens (tertiary/aromatic N) is 1. The Balaban J connectivity index is 2.59. The largest absolute Gasteiger partial charge is 0.339 e. The first kappa shape index (κ1) is 16.7. The molecule has 0 heterocycles. The lowest BCUT2D eigenvalue weighted by atomic mass is 10.0. The Morgan fingerprint density at radius 2 is 1.85 bits per heavy atom. The summed E-state index contributed by atoms with van der Waals surface area (Å²) in [6, 6.07) is 9.74. The summed E-state index contributed by atoms with van der Waals surface area (Å²) in [5, 5.41) is 0. The zero-order valence-electron chi connectivity index (χ0n) is 13.0. The fraction of sp³-hybridized carbons (Fsp3) is 0.588. The van der Waals surface area contributed by atoms with Gasteiger partial charge in [0.1, 0.15) is 0 Å². The molecule has 0 unspecified atom stereocenters. The molecule has 0 radical (unpaired) electrons. The van der Waals surface area contributed by atoms with E-state index in [2.05, 4.69) is 20.8 Å². The van der Waals surface area contributed by atoms with Crippen molar-refractivity contribution in [3.63, 3.8) is 0 Å². The Bertz CT molecular complexity index is 389. The van der Waals surface area contributed by atoms with Crippen molar-refractivity contribution in [3.05, 3.63) is 35.9 Å². The van der Waals surface area contributed by atoms with Gasteiger partial charge in [-0.05, 0) is 32.3 Å². The van der Waals surface area contributed by atoms with Crippen LogP contribution in [0.5, 0.6) is 0 Å². The molecule has 1 atom stereocenters. The van der Waals surface area contributed by atoms with E-state index in [1.807, 2.05) is 35.2 Å². The normalized spacial score (nSPS) is 12.4. The number of unbranched alkanes of at least 4 members (excludes halogenated alkanes) is 2. The molecule has 0 spiro atoms. The molecular weight excluding hydrogens is 248 g/mol. The zero-order chi connectivity index (χ0) is 15.0. The molecule has 1 amide bonds. The van der Waals surface area contributed by atoms with Gasteiger partial charge < -0.3 is 10.6 Å². The first-order valence-electron chi connectivity index (χ1n) is 7.66. The number of carbonyl (C=O) groups is 1. The van der Waals surface area contributed by atoms with Crippen LogP contribution in [-0.2, 0) is 11.2 Å². The Morgan fingerprint density at radius 1 is 1.20 bits per heavy atom. The highest BCUT2D eigenvalue weighted by Gasteiger charge is 2.22. The quantitative estimate of drug-likeness (QED) is 0.742. The maximum Gasteiger partial charge on any atom is 0.240 e. The lowest BCUT2D eigenvalue weighted by molar-refractivity contribution is -0.134. The third kappa shape index (κ3) is 5.33. The summed E-state index contributed by atoms with van der Waals surface area (Å²) < 4.78 is 0. The Hall–Kier alpha value is -1.35. The van der Waals surface area contributed by atoms with Crippen molar-refractivity contribution in [3.8, 4) is 0 Å². The average Bonchev–Trinajstić information content (AvgIpc) is 2.43. The van der Waals surface area contributed by atoms with Gasteiger partial charge in [0.15, 0.2) is 0 Å². The van der Waals surface area contributed by atoms with Gasteiger partial charge in [0, 0.05) is 12.6 Å². The summed E-state index contributed by atoms with van der Waals surface area (Å²) in [4.78, 5) is 14.4. The van der Waals surface area contributed by atoms with Crippen molar-refractivity contribution in [1.29, 1.82) is 0 Å². The molecule has 0 aliphatic carbocycles. The predicted molar refractivity (Wildman–Crippen MR) is 84.5 cm³/mol. The maximum absolute atomic E-state index is 12.5. The lowest BCUT2D eigenvalue weighted by Gasteiger charge is -2.29. The van der Waals surface area contributed by atoms with Gasteiger partial charge in [-0.1, -0.05) is 50.1 Å². The summed E-state index contributed by atoms with van der Waals surface area (Å²) in [5.74, 6) is 0.0694. The van der Waals surface area contributed by atoms with Gasteiger partial charge in [0.25, 0.3) is 0 Å². The first-order chi connectivity index (χ1) is 9.56. The van der Waals surface area contributed by atoms with Crippen LogP contribution in [0.25, 0.3) is 0 Å². The maximum atomic E-state index is 12.5. The fourth-order valence-electron chi connectivity index (χ4n) is 2.32. The summed E-state index contributed by atoms with van der Waals surface area (Å²) in [7, 11) is 0. The van der Waals surface area contributed by atoms with E-state index in [0.717, 1.165) is 31.4 Å². The first-order valence-corrected chi connectivity index (χ1v) is 7.66. The molecule has 1 aromatic carbocycles. The molecule has 0 aromatic heterocycles. The van der Waals surface area contributed by atoms with Crippen molar-refractivity contribution < 1.29 is 4.79 Å². The molecule has 0 saturated carbocycles. The number of carbonyl (C=O) groups excluding carboxylic acids is 1. The fourth-order valence-corrected chi connectivity index (χ4v) is 2.32. The van der Waals surface area contributed by atoms with E-state index >= 15 is 0 Å². The molecule has 1 rings (SSSR count). The summed E-state index contributed by atoms with van der Waals surface area (Å²) >= 11 is 0. The van der Waals surface area contributed by atoms with Crippen LogP contribution in [0.15, 0.2) is 30.3 Å². The molecule has 1 aromatic rings. The summed E-state index contributed by atoms with van der Waals surface area (Å²) in [6.45, 7) is 7.09. The van der Waals surface area contributed by atoms with E-state index in [0.29, 0.717) is 6.42 Å². The monoisotopic (exact) mass is 276 g/mol. The number of hydrogen-bond acceptors (Lipinski definition) is 2. The van der Waals surface area contributed by atoms with E-state index < -0.39 is 6.04 Å². The van der Waals surface area contributed by atoms with Gasteiger partial charge in [-0.2, -0.15) is 0 Å². The van der Waals surface area contributed by atoms with Crippen molar-refractivity contribution >= 4 is 5.91 Å². The van der Waals surface area contributed by atoms with E-state index in [-0.39, 0.29) is 11.9 Å². The molecule has 0 aliphatic rings. The lowest BCUT2D eigenvalue weighted by Crippen LogP contribution is -2.48. The second-order valence-electron chi connectivity index (χ2n) is 5.63. The van der Waals surface area contributed by atoms with Crippen molar-refractivity contribution in [1.82, 2.24) is 4.90 Å². The number of amides is 1. The smallest absolute Gasteiger partial charge is 0.240 e. The van der Waals surface area contributed by atoms with Gasteiger partial charge in [-0.25, -0.2) is 0 Å². The number of nitrogens with two attached hydrogens (primary N) is 1. The van der Waals surface area contributed by atoms with Crippen LogP contribution in [0.1, 0.15) is 45.6 Å². The molecule has 3 nitrogen and oxygen atoms in total. The predicted octanol–water partition coefficient (Wildman–Crippen LogP) is 2.98. The molecule has 0 aliphatic heterocycles. The topological polar surface area (TPSA) is 46.3 Å². The Kier molecular flexibility index (Phi) is 7.31. The highest BCUT2D eigenvalue weighted by atomic mass is 16.2. The highest BCUT2D eigenvalue weighted by Crippen LogP contribution is 2.09. The third-order valence-corrected chi connectivity index (χ3v) is 3.52. The van der Waals surface area contributed by atoms with E-state index in [1.165, 1.54) is 0 Å². The SMILES string of the molecule is CCCCCN(C(=O)[C@@H](N)Cc1ccccc1)C(C)C. The van der Waals surface area contributed by atoms with E-state index in [9.17, 15) is 4.79 Å². The molecule has 3 heteroatoms. The van der Waals surface area contributed by atoms with Gasteiger partial charge in [-0.15, -0.1) is 0 Å². The summed E-state index contributed by atoms with van der Waals surface area (Å²) in [6.07, 6.45) is 3.98. The Morgan fingerprint density at radius 3 is 2.40 bits per heavy atom. The van der Waals surface area contributed by atoms with Crippen LogP contribution in [0, 0.1) is 0 Å². The second kappa shape index (κ2) is 8.75. The highest BCUT2D eigenvalue weighted by molar-refractivity contribution is 5.82. The van der Waals surface area contributed by atoms with Gasteiger partial charge in [0.2, 0.25) is 5.91 Å². The second-order valence-corrected chi connectivity index (χ2v) is 5.63. The molecular formula is C17H28N2O. The average molecular weight is 276 g/mol. The van der Waals surface area contributed by atoms with Gasteiger partial charge >= 0.3 is 0 Å². The van der Waals surface area contributed by atoms with Crippen LogP contribution >= 0.6 is 0 Å². The molecule has 0 bridgehead atoms. The van der Waals surface area contributed by atoms with Crippen LogP contribution in [-0.4, -0.2) is 29.4 Å². The molecule has 112 valence electrons. The minimum absolute atomic E-state index is 0.0694. The van der Waals surface area contributed by atoms with Crippen molar-refractivity contribution in [2.24, 2.45) is 5.73 Å². The van der Waals surface area contributed by atoms with Crippen LogP contribution in [0.4, 0.5) is 0 Å². The van der Waals surface area contributed by atoms with Crippen LogP contribution in [0.2, 0.25) is 0 Å².